The van der Waals surface area contributed by atoms with Gasteiger partial charge in [-0.05, 0) is 39.5 Å². The van der Waals surface area contributed by atoms with E-state index in [0.717, 1.165) is 25.7 Å². The molecule has 128 valence electrons. The number of hydrogen-bond acceptors (Lipinski definition) is 2. The van der Waals surface area contributed by atoms with Crippen LogP contribution in [0.3, 0.4) is 0 Å². The van der Waals surface area contributed by atoms with E-state index in [9.17, 15) is 14.7 Å². The van der Waals surface area contributed by atoms with Gasteiger partial charge in [0, 0.05) is 19.5 Å². The van der Waals surface area contributed by atoms with Crippen molar-refractivity contribution in [3.63, 3.8) is 0 Å². The number of nitrogens with zero attached hydrogens (tertiary/aromatic N) is 1. The van der Waals surface area contributed by atoms with Crippen LogP contribution in [0.25, 0.3) is 0 Å². The Labute approximate surface area is 135 Å². The first-order valence-electron chi connectivity index (χ1n) is 8.72. The van der Waals surface area contributed by atoms with Crippen LogP contribution >= 0.6 is 0 Å². The summed E-state index contributed by atoms with van der Waals surface area (Å²) in [5, 5.41) is 9.26. The number of rotatable bonds is 13. The fourth-order valence-electron chi connectivity index (χ4n) is 2.44. The van der Waals surface area contributed by atoms with Crippen molar-refractivity contribution in [2.45, 2.75) is 72.1 Å². The Hall–Kier alpha value is -1.32. The van der Waals surface area contributed by atoms with Crippen LogP contribution in [-0.4, -0.2) is 35.0 Å². The zero-order valence-corrected chi connectivity index (χ0v) is 14.5. The topological polar surface area (TPSA) is 57.6 Å². The third-order valence-corrected chi connectivity index (χ3v) is 3.95. The second-order valence-electron chi connectivity index (χ2n) is 5.70. The second kappa shape index (κ2) is 13.4. The lowest BCUT2D eigenvalue weighted by Crippen LogP contribution is -2.33. The van der Waals surface area contributed by atoms with Crippen molar-refractivity contribution < 1.29 is 14.7 Å². The van der Waals surface area contributed by atoms with Crippen LogP contribution in [0.5, 0.6) is 0 Å². The van der Waals surface area contributed by atoms with E-state index in [1.807, 2.05) is 13.8 Å². The van der Waals surface area contributed by atoms with Crippen molar-refractivity contribution in [3.05, 3.63) is 12.2 Å². The number of amides is 1. The Morgan fingerprint density at radius 3 is 2.09 bits per heavy atom. The first-order chi connectivity index (χ1) is 10.6. The minimum absolute atomic E-state index is 0.0446. The van der Waals surface area contributed by atoms with Gasteiger partial charge in [-0.15, -0.1) is 0 Å². The number of carbonyl (C=O) groups is 2. The number of carboxylic acid groups (broad SMARTS) is 1. The fraction of sp³-hybridized carbons (Fsp3) is 0.778. The van der Waals surface area contributed by atoms with Gasteiger partial charge >= 0.3 is 5.97 Å². The van der Waals surface area contributed by atoms with Crippen molar-refractivity contribution in [3.8, 4) is 0 Å². The summed E-state index contributed by atoms with van der Waals surface area (Å²) < 4.78 is 0. The Morgan fingerprint density at radius 1 is 1.00 bits per heavy atom. The summed E-state index contributed by atoms with van der Waals surface area (Å²) in [7, 11) is 0. The molecular formula is C18H33NO3. The molecule has 0 aromatic heterocycles. The number of allylic oxidation sites excluding steroid dienone is 2. The Kier molecular flexibility index (Phi) is 12.5. The summed E-state index contributed by atoms with van der Waals surface area (Å²) in [5.41, 5.74) is 0. The number of carbonyl (C=O) groups excluding carboxylic acids is 1. The third kappa shape index (κ3) is 9.59. The summed E-state index contributed by atoms with van der Waals surface area (Å²) in [6.45, 7) is 7.30. The monoisotopic (exact) mass is 311 g/mol. The minimum atomic E-state index is -0.848. The van der Waals surface area contributed by atoms with E-state index < -0.39 is 11.9 Å². The van der Waals surface area contributed by atoms with Crippen LogP contribution < -0.4 is 0 Å². The molecular weight excluding hydrogens is 278 g/mol. The molecule has 0 rings (SSSR count). The zero-order valence-electron chi connectivity index (χ0n) is 14.5. The molecule has 0 heterocycles. The fourth-order valence-corrected chi connectivity index (χ4v) is 2.44. The van der Waals surface area contributed by atoms with Gasteiger partial charge in [-0.2, -0.15) is 0 Å². The van der Waals surface area contributed by atoms with Crippen molar-refractivity contribution in [1.29, 1.82) is 0 Å². The molecule has 0 aliphatic heterocycles. The molecule has 0 aliphatic rings. The molecule has 0 saturated carbocycles. The first-order valence-corrected chi connectivity index (χ1v) is 8.72. The lowest BCUT2D eigenvalue weighted by atomic mass is 9.97. The average Bonchev–Trinajstić information content (AvgIpc) is 2.49. The molecule has 0 bridgehead atoms. The van der Waals surface area contributed by atoms with Crippen molar-refractivity contribution in [1.82, 2.24) is 4.90 Å². The molecule has 0 spiro atoms. The van der Waals surface area contributed by atoms with Gasteiger partial charge in [0.1, 0.15) is 0 Å². The van der Waals surface area contributed by atoms with Crippen LogP contribution in [0.1, 0.15) is 72.1 Å². The number of unbranched alkanes of at least 4 members (excludes halogenated alkanes) is 4. The van der Waals surface area contributed by atoms with Gasteiger partial charge < -0.3 is 10.0 Å². The van der Waals surface area contributed by atoms with Gasteiger partial charge in [0.05, 0.1) is 5.92 Å². The average molecular weight is 311 g/mol. The molecule has 1 amide bonds. The number of hydrogen-bond donors (Lipinski definition) is 1. The summed E-state index contributed by atoms with van der Waals surface area (Å²) in [5.74, 6) is -1.44. The normalized spacial score (nSPS) is 12.5. The lowest BCUT2D eigenvalue weighted by molar-refractivity contribution is -0.146. The highest BCUT2D eigenvalue weighted by molar-refractivity contribution is 5.82. The molecule has 0 fully saturated rings. The smallest absolute Gasteiger partial charge is 0.307 e. The lowest BCUT2D eigenvalue weighted by Gasteiger charge is -2.21. The van der Waals surface area contributed by atoms with Gasteiger partial charge in [-0.25, -0.2) is 0 Å². The quantitative estimate of drug-likeness (QED) is 0.408. The summed E-state index contributed by atoms with van der Waals surface area (Å²) >= 11 is 0. The van der Waals surface area contributed by atoms with Gasteiger partial charge in [0.2, 0.25) is 5.91 Å². The van der Waals surface area contributed by atoms with Gasteiger partial charge in [-0.1, -0.05) is 38.3 Å². The second-order valence-corrected chi connectivity index (χ2v) is 5.70. The molecule has 4 heteroatoms. The van der Waals surface area contributed by atoms with Crippen LogP contribution in [-0.2, 0) is 9.59 Å². The van der Waals surface area contributed by atoms with Crippen molar-refractivity contribution in [2.75, 3.05) is 13.1 Å². The molecule has 22 heavy (non-hydrogen) atoms. The van der Waals surface area contributed by atoms with E-state index in [0.29, 0.717) is 19.5 Å². The SMILES string of the molecule is CCCC/C=C/CCCCC(CC(=O)N(CC)CC)C(=O)O. The molecule has 0 aromatic rings. The van der Waals surface area contributed by atoms with Crippen LogP contribution in [0.2, 0.25) is 0 Å². The maximum absolute atomic E-state index is 12.0. The van der Waals surface area contributed by atoms with E-state index in [1.165, 1.54) is 12.8 Å². The summed E-state index contributed by atoms with van der Waals surface area (Å²) in [4.78, 5) is 25.0. The van der Waals surface area contributed by atoms with E-state index in [1.54, 1.807) is 4.90 Å². The van der Waals surface area contributed by atoms with Gasteiger partial charge in [0.15, 0.2) is 0 Å². The highest BCUT2D eigenvalue weighted by Gasteiger charge is 2.22. The summed E-state index contributed by atoms with van der Waals surface area (Å²) in [6, 6.07) is 0. The molecule has 0 radical (unpaired) electrons. The predicted molar refractivity (Wildman–Crippen MR) is 90.8 cm³/mol. The highest BCUT2D eigenvalue weighted by Crippen LogP contribution is 2.16. The van der Waals surface area contributed by atoms with Crippen molar-refractivity contribution in [2.24, 2.45) is 5.92 Å². The molecule has 1 N–H and O–H groups in total. The minimum Gasteiger partial charge on any atom is -0.481 e. The Balaban J connectivity index is 4.03. The molecule has 0 aromatic carbocycles. The van der Waals surface area contributed by atoms with E-state index in [-0.39, 0.29) is 12.3 Å². The maximum atomic E-state index is 12.0. The molecule has 0 aliphatic carbocycles. The molecule has 1 unspecified atom stereocenters. The van der Waals surface area contributed by atoms with Crippen LogP contribution in [0, 0.1) is 5.92 Å². The highest BCUT2D eigenvalue weighted by atomic mass is 16.4. The van der Waals surface area contributed by atoms with Crippen LogP contribution in [0.4, 0.5) is 0 Å². The van der Waals surface area contributed by atoms with Crippen molar-refractivity contribution >= 4 is 11.9 Å². The first kappa shape index (κ1) is 20.7. The maximum Gasteiger partial charge on any atom is 0.307 e. The Bertz CT molecular complexity index is 335. The third-order valence-electron chi connectivity index (χ3n) is 3.95. The zero-order chi connectivity index (χ0) is 16.8. The van der Waals surface area contributed by atoms with E-state index in [2.05, 4.69) is 19.1 Å². The van der Waals surface area contributed by atoms with Gasteiger partial charge in [0.25, 0.3) is 0 Å². The predicted octanol–water partition coefficient (Wildman–Crippen LogP) is 4.25. The van der Waals surface area contributed by atoms with Gasteiger partial charge in [-0.3, -0.25) is 9.59 Å². The Morgan fingerprint density at radius 2 is 1.59 bits per heavy atom. The number of aliphatic carboxylic acids is 1. The number of carboxylic acids is 1. The summed E-state index contributed by atoms with van der Waals surface area (Å²) in [6.07, 6.45) is 11.5. The largest absolute Gasteiger partial charge is 0.481 e. The van der Waals surface area contributed by atoms with E-state index >= 15 is 0 Å². The molecule has 0 saturated heterocycles. The molecule has 4 nitrogen and oxygen atoms in total. The standard InChI is InChI=1S/C18H33NO3/c1-4-7-8-9-10-11-12-13-14-16(18(21)22)15-17(20)19(5-2)6-3/h9-10,16H,4-8,11-15H2,1-3H3,(H,21,22)/b10-9+. The molecule has 1 atom stereocenters. The van der Waals surface area contributed by atoms with Crippen LogP contribution in [0.15, 0.2) is 12.2 Å². The van der Waals surface area contributed by atoms with E-state index in [4.69, 9.17) is 0 Å².